The highest BCUT2D eigenvalue weighted by Gasteiger charge is 2.24. The van der Waals surface area contributed by atoms with E-state index < -0.39 is 5.82 Å². The summed E-state index contributed by atoms with van der Waals surface area (Å²) in [5.74, 6) is -0.514. The third-order valence-corrected chi connectivity index (χ3v) is 3.16. The van der Waals surface area contributed by atoms with Gasteiger partial charge < -0.3 is 4.90 Å². The van der Waals surface area contributed by atoms with Gasteiger partial charge in [-0.15, -0.1) is 0 Å². The average molecular weight is 275 g/mol. The van der Waals surface area contributed by atoms with E-state index in [1.807, 2.05) is 0 Å². The van der Waals surface area contributed by atoms with Crippen molar-refractivity contribution in [2.24, 2.45) is 5.92 Å². The summed E-state index contributed by atoms with van der Waals surface area (Å²) in [7, 11) is 0. The van der Waals surface area contributed by atoms with Crippen molar-refractivity contribution in [2.45, 2.75) is 12.8 Å². The highest BCUT2D eigenvalue weighted by atomic mass is 35.5. The van der Waals surface area contributed by atoms with Crippen molar-refractivity contribution in [3.63, 3.8) is 0 Å². The number of hydrogen-bond donors (Lipinski definition) is 0. The Balaban J connectivity index is 2.22. The molecule has 90 valence electrons. The summed E-state index contributed by atoms with van der Waals surface area (Å²) in [5.41, 5.74) is 0. The third-order valence-electron chi connectivity index (χ3n) is 2.74. The summed E-state index contributed by atoms with van der Waals surface area (Å²) in [6, 6.07) is 2.21. The molecule has 0 N–H and O–H groups in total. The van der Waals surface area contributed by atoms with E-state index in [4.69, 9.17) is 28.5 Å². The molecule has 1 aliphatic heterocycles. The Bertz CT molecular complexity index is 466. The first-order chi connectivity index (χ1) is 8.11. The zero-order chi connectivity index (χ0) is 12.4. The smallest absolute Gasteiger partial charge is 0.225 e. The molecule has 0 bridgehead atoms. The van der Waals surface area contributed by atoms with Crippen LogP contribution >= 0.6 is 23.2 Å². The minimum Gasteiger partial charge on any atom is -0.354 e. The molecule has 1 saturated heterocycles. The molecular weight excluding hydrogens is 266 g/mol. The fraction of sp³-hybridized carbons (Fsp3) is 0.500. The normalized spacial score (nSPS) is 16.9. The minimum atomic E-state index is -0.661. The maximum atomic E-state index is 13.7. The quantitative estimate of drug-likeness (QED) is 0.584. The van der Waals surface area contributed by atoms with E-state index in [0.717, 1.165) is 0 Å². The van der Waals surface area contributed by atoms with Gasteiger partial charge in [0, 0.05) is 19.0 Å². The second-order valence-corrected chi connectivity index (χ2v) is 4.51. The Morgan fingerprint density at radius 2 is 1.94 bits per heavy atom. The van der Waals surface area contributed by atoms with Crippen LogP contribution in [-0.4, -0.2) is 23.1 Å². The van der Waals surface area contributed by atoms with Crippen molar-refractivity contribution >= 4 is 29.0 Å². The molecular formula is C10H9Cl2FN4. The second-order valence-electron chi connectivity index (χ2n) is 3.81. The van der Waals surface area contributed by atoms with Gasteiger partial charge in [-0.2, -0.15) is 14.6 Å². The first kappa shape index (κ1) is 12.3. The average Bonchev–Trinajstić information content (AvgIpc) is 2.34. The monoisotopic (exact) mass is 274 g/mol. The van der Waals surface area contributed by atoms with Gasteiger partial charge in [-0.25, -0.2) is 4.98 Å². The molecule has 0 saturated carbocycles. The van der Waals surface area contributed by atoms with Crippen LogP contribution in [-0.2, 0) is 0 Å². The molecule has 17 heavy (non-hydrogen) atoms. The summed E-state index contributed by atoms with van der Waals surface area (Å²) in [6.45, 7) is 1.14. The predicted molar refractivity (Wildman–Crippen MR) is 62.6 cm³/mol. The fourth-order valence-corrected chi connectivity index (χ4v) is 2.19. The van der Waals surface area contributed by atoms with Gasteiger partial charge in [0.05, 0.1) is 6.07 Å². The number of nitrogens with zero attached hydrogens (tertiary/aromatic N) is 4. The van der Waals surface area contributed by atoms with Gasteiger partial charge in [0.1, 0.15) is 0 Å². The van der Waals surface area contributed by atoms with Crippen molar-refractivity contribution in [1.82, 2.24) is 9.97 Å². The molecule has 1 fully saturated rings. The largest absolute Gasteiger partial charge is 0.354 e. The van der Waals surface area contributed by atoms with Gasteiger partial charge in [0.25, 0.3) is 0 Å². The van der Waals surface area contributed by atoms with Gasteiger partial charge in [-0.1, -0.05) is 11.6 Å². The van der Waals surface area contributed by atoms with Crippen molar-refractivity contribution in [1.29, 1.82) is 5.26 Å². The summed E-state index contributed by atoms with van der Waals surface area (Å²) in [4.78, 5) is 9.11. The van der Waals surface area contributed by atoms with E-state index in [1.54, 1.807) is 4.90 Å². The third kappa shape index (κ3) is 2.59. The van der Waals surface area contributed by atoms with E-state index in [2.05, 4.69) is 16.0 Å². The van der Waals surface area contributed by atoms with Gasteiger partial charge in [0.15, 0.2) is 11.0 Å². The van der Waals surface area contributed by atoms with Crippen molar-refractivity contribution in [2.75, 3.05) is 18.0 Å². The standard InChI is InChI=1S/C10H9Cl2FN4/c11-8-7(13)9(16-10(12)15-8)17-3-1-6(5-14)2-4-17/h6H,1-4H2. The molecule has 1 aliphatic rings. The van der Waals surface area contributed by atoms with Gasteiger partial charge in [-0.3, -0.25) is 0 Å². The van der Waals surface area contributed by atoms with Gasteiger partial charge in [0.2, 0.25) is 11.1 Å². The van der Waals surface area contributed by atoms with Crippen molar-refractivity contribution in [3.8, 4) is 6.07 Å². The maximum absolute atomic E-state index is 13.7. The molecule has 0 amide bonds. The summed E-state index contributed by atoms with van der Waals surface area (Å²) >= 11 is 11.2. The van der Waals surface area contributed by atoms with Crippen LogP contribution in [0.25, 0.3) is 0 Å². The topological polar surface area (TPSA) is 52.8 Å². The Morgan fingerprint density at radius 3 is 2.53 bits per heavy atom. The second kappa shape index (κ2) is 5.03. The van der Waals surface area contributed by atoms with E-state index >= 15 is 0 Å². The van der Waals surface area contributed by atoms with Gasteiger partial charge in [-0.05, 0) is 24.4 Å². The molecule has 0 atom stereocenters. The number of rotatable bonds is 1. The summed E-state index contributed by atoms with van der Waals surface area (Å²) < 4.78 is 13.7. The van der Waals surface area contributed by atoms with Crippen molar-refractivity contribution < 1.29 is 4.39 Å². The fourth-order valence-electron chi connectivity index (χ4n) is 1.81. The van der Waals surface area contributed by atoms with E-state index in [-0.39, 0.29) is 22.2 Å². The highest BCUT2D eigenvalue weighted by Crippen LogP contribution is 2.27. The lowest BCUT2D eigenvalue weighted by atomic mass is 9.99. The first-order valence-electron chi connectivity index (χ1n) is 5.15. The number of halogens is 3. The molecule has 7 heteroatoms. The Kier molecular flexibility index (Phi) is 3.65. The molecule has 0 unspecified atom stereocenters. The van der Waals surface area contributed by atoms with Crippen LogP contribution in [0.5, 0.6) is 0 Å². The molecule has 1 aromatic rings. The van der Waals surface area contributed by atoms with E-state index in [9.17, 15) is 4.39 Å². The number of piperidine rings is 1. The van der Waals surface area contributed by atoms with Crippen LogP contribution in [0.15, 0.2) is 0 Å². The SMILES string of the molecule is N#CC1CCN(c2nc(Cl)nc(Cl)c2F)CC1. The van der Waals surface area contributed by atoms with Gasteiger partial charge >= 0.3 is 0 Å². The summed E-state index contributed by atoms with van der Waals surface area (Å²) in [6.07, 6.45) is 1.38. The van der Waals surface area contributed by atoms with Crippen LogP contribution in [0.4, 0.5) is 10.2 Å². The molecule has 0 aromatic carbocycles. The lowest BCUT2D eigenvalue weighted by Crippen LogP contribution is -2.34. The van der Waals surface area contributed by atoms with Crippen LogP contribution in [0.1, 0.15) is 12.8 Å². The molecule has 0 spiro atoms. The Morgan fingerprint density at radius 1 is 1.29 bits per heavy atom. The van der Waals surface area contributed by atoms with Crippen molar-refractivity contribution in [3.05, 3.63) is 16.3 Å². The van der Waals surface area contributed by atoms with Crippen LogP contribution in [0.2, 0.25) is 10.4 Å². The van der Waals surface area contributed by atoms with Crippen LogP contribution < -0.4 is 4.90 Å². The number of aromatic nitrogens is 2. The molecule has 4 nitrogen and oxygen atoms in total. The van der Waals surface area contributed by atoms with Crippen LogP contribution in [0, 0.1) is 23.1 Å². The molecule has 2 rings (SSSR count). The molecule has 2 heterocycles. The lowest BCUT2D eigenvalue weighted by Gasteiger charge is -2.30. The molecule has 0 radical (unpaired) electrons. The minimum absolute atomic E-state index is 0.0297. The van der Waals surface area contributed by atoms with E-state index in [1.165, 1.54) is 0 Å². The van der Waals surface area contributed by atoms with Crippen LogP contribution in [0.3, 0.4) is 0 Å². The first-order valence-corrected chi connectivity index (χ1v) is 5.90. The summed E-state index contributed by atoms with van der Waals surface area (Å²) in [5, 5.41) is 8.43. The number of nitriles is 1. The highest BCUT2D eigenvalue weighted by molar-refractivity contribution is 6.32. The van der Waals surface area contributed by atoms with E-state index in [0.29, 0.717) is 25.9 Å². The zero-order valence-electron chi connectivity index (χ0n) is 8.83. The molecule has 1 aromatic heterocycles. The predicted octanol–water partition coefficient (Wildman–Crippen LogP) is 2.66. The Hall–Kier alpha value is -1.12. The lowest BCUT2D eigenvalue weighted by molar-refractivity contribution is 0.476. The number of anilines is 1. The Labute approximate surface area is 108 Å². The number of hydrogen-bond acceptors (Lipinski definition) is 4. The zero-order valence-corrected chi connectivity index (χ0v) is 10.3. The molecule has 0 aliphatic carbocycles. The maximum Gasteiger partial charge on any atom is 0.225 e.